The van der Waals surface area contributed by atoms with Gasteiger partial charge in [0.2, 0.25) is 12.7 Å². The Balaban J connectivity index is 1.20. The third kappa shape index (κ3) is 4.33. The average Bonchev–Trinajstić information content (AvgIpc) is 3.58. The van der Waals surface area contributed by atoms with E-state index < -0.39 is 0 Å². The number of hydrogen-bond acceptors (Lipinski definition) is 7. The summed E-state index contributed by atoms with van der Waals surface area (Å²) in [6.45, 7) is 1.29. The Hall–Kier alpha value is -3.72. The third-order valence-electron chi connectivity index (χ3n) is 5.16. The number of aryl methyl sites for hydroxylation is 1. The van der Waals surface area contributed by atoms with Gasteiger partial charge in [-0.1, -0.05) is 12.1 Å². The molecule has 4 aromatic rings. The first-order valence-electron chi connectivity index (χ1n) is 10.3. The SMILES string of the molecule is O=C(CCc1ccc2c(c1)OCO2)NCCn1ncc(-c2cnccn2)c1-c1cccs1. The molecule has 1 amide bonds. The number of aromatic nitrogens is 4. The van der Waals surface area contributed by atoms with Crippen LogP contribution >= 0.6 is 11.3 Å². The standard InChI is InChI=1S/C23H21N5O3S/c29-22(6-4-16-3-5-19-20(12-16)31-15-30-19)26-9-10-28-23(21-2-1-11-32-21)17(13-27-28)18-14-24-7-8-25-18/h1-3,5,7-8,11-14H,4,6,9-10,15H2,(H,26,29). The normalized spacial score (nSPS) is 12.1. The molecule has 0 fully saturated rings. The number of carbonyl (C=O) groups is 1. The lowest BCUT2D eigenvalue weighted by atomic mass is 10.1. The van der Waals surface area contributed by atoms with Crippen LogP contribution in [0.25, 0.3) is 21.8 Å². The summed E-state index contributed by atoms with van der Waals surface area (Å²) < 4.78 is 12.6. The maximum absolute atomic E-state index is 12.4. The van der Waals surface area contributed by atoms with E-state index in [0.29, 0.717) is 25.9 Å². The molecule has 0 bridgehead atoms. The molecule has 0 aliphatic carbocycles. The van der Waals surface area contributed by atoms with Gasteiger partial charge >= 0.3 is 0 Å². The van der Waals surface area contributed by atoms with Crippen LogP contribution in [-0.2, 0) is 17.8 Å². The molecule has 0 spiro atoms. The molecule has 9 heteroatoms. The van der Waals surface area contributed by atoms with E-state index in [1.165, 1.54) is 0 Å². The molecule has 4 heterocycles. The van der Waals surface area contributed by atoms with Crippen molar-refractivity contribution in [2.45, 2.75) is 19.4 Å². The zero-order chi connectivity index (χ0) is 21.8. The quantitative estimate of drug-likeness (QED) is 0.444. The van der Waals surface area contributed by atoms with Gasteiger partial charge in [0.25, 0.3) is 0 Å². The van der Waals surface area contributed by atoms with E-state index in [0.717, 1.165) is 38.9 Å². The Bertz CT molecular complexity index is 1210. The molecule has 0 unspecified atom stereocenters. The van der Waals surface area contributed by atoms with Crippen LogP contribution in [0.2, 0.25) is 0 Å². The van der Waals surface area contributed by atoms with Gasteiger partial charge < -0.3 is 14.8 Å². The van der Waals surface area contributed by atoms with Crippen molar-refractivity contribution >= 4 is 17.2 Å². The minimum atomic E-state index is 0.00152. The van der Waals surface area contributed by atoms with E-state index >= 15 is 0 Å². The van der Waals surface area contributed by atoms with E-state index in [1.807, 2.05) is 34.3 Å². The monoisotopic (exact) mass is 447 g/mol. The Morgan fingerprint density at radius 3 is 2.94 bits per heavy atom. The summed E-state index contributed by atoms with van der Waals surface area (Å²) in [4.78, 5) is 22.1. The van der Waals surface area contributed by atoms with Crippen molar-refractivity contribution in [2.75, 3.05) is 13.3 Å². The van der Waals surface area contributed by atoms with Gasteiger partial charge in [0.1, 0.15) is 0 Å². The van der Waals surface area contributed by atoms with Crippen LogP contribution in [0.5, 0.6) is 11.5 Å². The second-order valence-electron chi connectivity index (χ2n) is 7.24. The minimum absolute atomic E-state index is 0.00152. The zero-order valence-electron chi connectivity index (χ0n) is 17.2. The first-order valence-corrected chi connectivity index (χ1v) is 11.2. The number of thiophene rings is 1. The fourth-order valence-corrected chi connectivity index (χ4v) is 4.39. The summed E-state index contributed by atoms with van der Waals surface area (Å²) in [6, 6.07) is 9.85. The Labute approximate surface area is 188 Å². The van der Waals surface area contributed by atoms with Gasteiger partial charge in [-0.25, -0.2) is 0 Å². The van der Waals surface area contributed by atoms with Crippen LogP contribution < -0.4 is 14.8 Å². The van der Waals surface area contributed by atoms with E-state index in [4.69, 9.17) is 9.47 Å². The zero-order valence-corrected chi connectivity index (χ0v) is 18.0. The van der Waals surface area contributed by atoms with Crippen LogP contribution in [0.3, 0.4) is 0 Å². The number of hydrogen-bond donors (Lipinski definition) is 1. The molecule has 32 heavy (non-hydrogen) atoms. The number of fused-ring (bicyclic) bond motifs is 1. The molecule has 3 aromatic heterocycles. The smallest absolute Gasteiger partial charge is 0.231 e. The fourth-order valence-electron chi connectivity index (χ4n) is 3.60. The van der Waals surface area contributed by atoms with Crippen molar-refractivity contribution in [3.05, 3.63) is 66.1 Å². The third-order valence-corrected chi connectivity index (χ3v) is 6.03. The molecule has 1 aromatic carbocycles. The highest BCUT2D eigenvalue weighted by Gasteiger charge is 2.17. The largest absolute Gasteiger partial charge is 0.454 e. The Kier molecular flexibility index (Phi) is 5.80. The Morgan fingerprint density at radius 1 is 1.16 bits per heavy atom. The van der Waals surface area contributed by atoms with Gasteiger partial charge in [0, 0.05) is 30.9 Å². The van der Waals surface area contributed by atoms with Gasteiger partial charge in [-0.3, -0.25) is 19.4 Å². The molecule has 1 aliphatic heterocycles. The predicted molar refractivity (Wildman–Crippen MR) is 120 cm³/mol. The number of amides is 1. The van der Waals surface area contributed by atoms with Crippen molar-refractivity contribution in [2.24, 2.45) is 0 Å². The first kappa shape index (κ1) is 20.2. The molecule has 0 atom stereocenters. The molecule has 5 rings (SSSR count). The van der Waals surface area contributed by atoms with Crippen LogP contribution in [0.15, 0.2) is 60.5 Å². The van der Waals surface area contributed by atoms with Gasteiger partial charge in [0.15, 0.2) is 11.5 Å². The predicted octanol–water partition coefficient (Wildman–Crippen LogP) is 3.55. The minimum Gasteiger partial charge on any atom is -0.454 e. The number of benzene rings is 1. The van der Waals surface area contributed by atoms with E-state index in [9.17, 15) is 4.79 Å². The van der Waals surface area contributed by atoms with Crippen LogP contribution in [-0.4, -0.2) is 39.0 Å². The topological polar surface area (TPSA) is 91.2 Å². The molecule has 8 nitrogen and oxygen atoms in total. The number of rotatable bonds is 8. The molecule has 162 valence electrons. The molecule has 0 saturated carbocycles. The van der Waals surface area contributed by atoms with Gasteiger partial charge in [-0.15, -0.1) is 11.3 Å². The average molecular weight is 448 g/mol. The highest BCUT2D eigenvalue weighted by atomic mass is 32.1. The van der Waals surface area contributed by atoms with Gasteiger partial charge in [-0.2, -0.15) is 5.10 Å². The Morgan fingerprint density at radius 2 is 2.09 bits per heavy atom. The lowest BCUT2D eigenvalue weighted by molar-refractivity contribution is -0.121. The molecule has 0 radical (unpaired) electrons. The molecule has 1 N–H and O–H groups in total. The molecule has 0 saturated heterocycles. The summed E-state index contributed by atoms with van der Waals surface area (Å²) in [5.74, 6) is 1.49. The maximum atomic E-state index is 12.4. The summed E-state index contributed by atoms with van der Waals surface area (Å²) >= 11 is 1.64. The van der Waals surface area contributed by atoms with E-state index in [2.05, 4.69) is 26.4 Å². The molecular weight excluding hydrogens is 426 g/mol. The number of nitrogens with one attached hydrogen (secondary N) is 1. The second-order valence-corrected chi connectivity index (χ2v) is 8.18. The van der Waals surface area contributed by atoms with Crippen LogP contribution in [0.1, 0.15) is 12.0 Å². The second kappa shape index (κ2) is 9.19. The molecular formula is C23H21N5O3S. The highest BCUT2D eigenvalue weighted by molar-refractivity contribution is 7.13. The van der Waals surface area contributed by atoms with Crippen LogP contribution in [0, 0.1) is 0 Å². The summed E-state index contributed by atoms with van der Waals surface area (Å²) in [7, 11) is 0. The number of ether oxygens (including phenoxy) is 2. The van der Waals surface area contributed by atoms with E-state index in [-0.39, 0.29) is 12.7 Å². The molecule has 1 aliphatic rings. The lowest BCUT2D eigenvalue weighted by Crippen LogP contribution is -2.27. The number of nitrogens with zero attached hydrogens (tertiary/aromatic N) is 4. The summed E-state index contributed by atoms with van der Waals surface area (Å²) in [5, 5.41) is 9.58. The fraction of sp³-hybridized carbons (Fsp3) is 0.217. The number of carbonyl (C=O) groups excluding carboxylic acids is 1. The van der Waals surface area contributed by atoms with Crippen molar-refractivity contribution in [3.8, 4) is 33.3 Å². The van der Waals surface area contributed by atoms with E-state index in [1.54, 1.807) is 36.1 Å². The van der Waals surface area contributed by atoms with Crippen molar-refractivity contribution in [1.29, 1.82) is 0 Å². The summed E-state index contributed by atoms with van der Waals surface area (Å²) in [6.07, 6.45) is 7.91. The van der Waals surface area contributed by atoms with Crippen molar-refractivity contribution in [1.82, 2.24) is 25.1 Å². The van der Waals surface area contributed by atoms with Crippen LogP contribution in [0.4, 0.5) is 0 Å². The van der Waals surface area contributed by atoms with Gasteiger partial charge in [-0.05, 0) is 35.6 Å². The van der Waals surface area contributed by atoms with Crippen molar-refractivity contribution < 1.29 is 14.3 Å². The summed E-state index contributed by atoms with van der Waals surface area (Å²) in [5.41, 5.74) is 3.73. The maximum Gasteiger partial charge on any atom is 0.231 e. The van der Waals surface area contributed by atoms with Gasteiger partial charge in [0.05, 0.1) is 35.2 Å². The van der Waals surface area contributed by atoms with Crippen molar-refractivity contribution in [3.63, 3.8) is 0 Å². The lowest BCUT2D eigenvalue weighted by Gasteiger charge is -2.10. The highest BCUT2D eigenvalue weighted by Crippen LogP contribution is 2.34. The first-order chi connectivity index (χ1) is 15.8.